The van der Waals surface area contributed by atoms with Gasteiger partial charge in [-0.25, -0.2) is 4.79 Å². The maximum atomic E-state index is 12.1. The molecule has 1 aromatic carbocycles. The molecule has 1 aromatic rings. The maximum Gasteiger partial charge on any atom is 0.315 e. The molecule has 4 nitrogen and oxygen atoms in total. The molecule has 0 bridgehead atoms. The molecule has 0 aliphatic heterocycles. The number of rotatable bonds is 3. The zero-order chi connectivity index (χ0) is 16.1. The van der Waals surface area contributed by atoms with Crippen molar-refractivity contribution in [2.45, 2.75) is 75.5 Å². The highest BCUT2D eigenvalue weighted by atomic mass is 16.3. The largest absolute Gasteiger partial charge is 0.393 e. The first-order valence-corrected chi connectivity index (χ1v) is 9.01. The van der Waals surface area contributed by atoms with Gasteiger partial charge in [0.15, 0.2) is 0 Å². The molecule has 0 heterocycles. The molecule has 2 saturated carbocycles. The van der Waals surface area contributed by atoms with E-state index in [1.165, 1.54) is 5.56 Å². The molecular weight excluding hydrogens is 288 g/mol. The monoisotopic (exact) mass is 316 g/mol. The topological polar surface area (TPSA) is 61.4 Å². The minimum atomic E-state index is -0.177. The van der Waals surface area contributed by atoms with E-state index in [2.05, 4.69) is 41.0 Å². The van der Waals surface area contributed by atoms with Crippen LogP contribution in [0.3, 0.4) is 0 Å². The summed E-state index contributed by atoms with van der Waals surface area (Å²) in [6, 6.07) is 11.2. The number of urea groups is 1. The summed E-state index contributed by atoms with van der Waals surface area (Å²) in [5.41, 5.74) is 1.43. The van der Waals surface area contributed by atoms with Crippen LogP contribution in [0.25, 0.3) is 0 Å². The Bertz CT molecular complexity index is 489. The van der Waals surface area contributed by atoms with E-state index in [1.807, 2.05) is 0 Å². The van der Waals surface area contributed by atoms with Crippen molar-refractivity contribution in [3.63, 3.8) is 0 Å². The molecule has 0 atom stereocenters. The number of aliphatic hydroxyl groups is 1. The third-order valence-electron chi connectivity index (χ3n) is 5.37. The Morgan fingerprint density at radius 1 is 0.826 bits per heavy atom. The second-order valence-corrected chi connectivity index (χ2v) is 7.08. The second-order valence-electron chi connectivity index (χ2n) is 7.08. The molecule has 0 spiro atoms. The van der Waals surface area contributed by atoms with Crippen LogP contribution in [-0.2, 0) is 0 Å². The molecule has 0 radical (unpaired) electrons. The lowest BCUT2D eigenvalue weighted by Crippen LogP contribution is -2.48. The van der Waals surface area contributed by atoms with Crippen LogP contribution < -0.4 is 10.6 Å². The average Bonchev–Trinajstić information content (AvgIpc) is 2.58. The van der Waals surface area contributed by atoms with Gasteiger partial charge in [-0.3, -0.25) is 0 Å². The maximum absolute atomic E-state index is 12.1. The molecule has 0 unspecified atom stereocenters. The van der Waals surface area contributed by atoms with Crippen molar-refractivity contribution in [3.05, 3.63) is 35.9 Å². The molecule has 3 rings (SSSR count). The minimum absolute atomic E-state index is 0.0328. The van der Waals surface area contributed by atoms with Crippen molar-refractivity contribution in [2.75, 3.05) is 0 Å². The SMILES string of the molecule is O=C(NC1CCC(O)CC1)NC1CCC(c2ccccc2)CC1. The predicted molar refractivity (Wildman–Crippen MR) is 91.4 cm³/mol. The fourth-order valence-electron chi connectivity index (χ4n) is 3.93. The highest BCUT2D eigenvalue weighted by Gasteiger charge is 2.25. The van der Waals surface area contributed by atoms with Gasteiger partial charge >= 0.3 is 6.03 Å². The van der Waals surface area contributed by atoms with Crippen molar-refractivity contribution >= 4 is 6.03 Å². The van der Waals surface area contributed by atoms with Crippen LogP contribution >= 0.6 is 0 Å². The second kappa shape index (κ2) is 7.82. The number of aliphatic hydroxyl groups excluding tert-OH is 1. The van der Waals surface area contributed by atoms with E-state index in [-0.39, 0.29) is 18.2 Å². The van der Waals surface area contributed by atoms with Gasteiger partial charge in [-0.1, -0.05) is 30.3 Å². The molecule has 2 amide bonds. The number of nitrogens with one attached hydrogen (secondary N) is 2. The van der Waals surface area contributed by atoms with Crippen molar-refractivity contribution in [1.29, 1.82) is 0 Å². The molecule has 4 heteroatoms. The summed E-state index contributed by atoms with van der Waals surface area (Å²) in [7, 11) is 0. The van der Waals surface area contributed by atoms with E-state index >= 15 is 0 Å². The van der Waals surface area contributed by atoms with Crippen molar-refractivity contribution in [3.8, 4) is 0 Å². The number of hydrogen-bond acceptors (Lipinski definition) is 2. The van der Waals surface area contributed by atoms with Gasteiger partial charge in [-0.15, -0.1) is 0 Å². The zero-order valence-corrected chi connectivity index (χ0v) is 13.7. The summed E-state index contributed by atoms with van der Waals surface area (Å²) >= 11 is 0. The van der Waals surface area contributed by atoms with Gasteiger partial charge in [-0.2, -0.15) is 0 Å². The highest BCUT2D eigenvalue weighted by molar-refractivity contribution is 5.74. The van der Waals surface area contributed by atoms with Gasteiger partial charge in [0, 0.05) is 12.1 Å². The van der Waals surface area contributed by atoms with Crippen molar-refractivity contribution in [1.82, 2.24) is 10.6 Å². The number of carbonyl (C=O) groups is 1. The van der Waals surface area contributed by atoms with Gasteiger partial charge in [0.2, 0.25) is 0 Å². The Morgan fingerprint density at radius 3 is 1.91 bits per heavy atom. The van der Waals surface area contributed by atoms with Crippen LogP contribution in [0.4, 0.5) is 4.79 Å². The summed E-state index contributed by atoms with van der Waals surface area (Å²) in [6.07, 6.45) is 7.58. The van der Waals surface area contributed by atoms with Crippen LogP contribution in [0.15, 0.2) is 30.3 Å². The smallest absolute Gasteiger partial charge is 0.315 e. The summed E-state index contributed by atoms with van der Waals surface area (Å²) in [5, 5.41) is 15.7. The van der Waals surface area contributed by atoms with Crippen LogP contribution in [0.1, 0.15) is 62.8 Å². The molecule has 0 saturated heterocycles. The van der Waals surface area contributed by atoms with E-state index in [0.29, 0.717) is 12.0 Å². The molecule has 3 N–H and O–H groups in total. The highest BCUT2D eigenvalue weighted by Crippen LogP contribution is 2.32. The Labute approximate surface area is 138 Å². The third kappa shape index (κ3) is 4.71. The molecule has 0 aromatic heterocycles. The Morgan fingerprint density at radius 2 is 1.35 bits per heavy atom. The lowest BCUT2D eigenvalue weighted by molar-refractivity contribution is 0.117. The summed E-state index contributed by atoms with van der Waals surface area (Å²) in [4.78, 5) is 12.1. The first-order valence-electron chi connectivity index (χ1n) is 9.01. The van der Waals surface area contributed by atoms with Gasteiger partial charge in [0.1, 0.15) is 0 Å². The van der Waals surface area contributed by atoms with Crippen LogP contribution in [-0.4, -0.2) is 29.3 Å². The lowest BCUT2D eigenvalue weighted by atomic mass is 9.82. The Balaban J connectivity index is 1.39. The van der Waals surface area contributed by atoms with Gasteiger partial charge in [-0.05, 0) is 62.8 Å². The van der Waals surface area contributed by atoms with E-state index < -0.39 is 0 Å². The quantitative estimate of drug-likeness (QED) is 0.801. The molecule has 126 valence electrons. The van der Waals surface area contributed by atoms with Crippen molar-refractivity contribution in [2.24, 2.45) is 0 Å². The Hall–Kier alpha value is -1.55. The van der Waals surface area contributed by atoms with Gasteiger partial charge < -0.3 is 15.7 Å². The molecule has 2 aliphatic carbocycles. The molecule has 23 heavy (non-hydrogen) atoms. The standard InChI is InChI=1S/C19H28N2O2/c22-18-12-10-17(11-13-18)21-19(23)20-16-8-6-15(7-9-16)14-4-2-1-3-5-14/h1-5,15-18,22H,6-13H2,(H2,20,21,23). The van der Waals surface area contributed by atoms with Crippen LogP contribution in [0.2, 0.25) is 0 Å². The summed E-state index contributed by atoms with van der Waals surface area (Å²) in [6.45, 7) is 0. The van der Waals surface area contributed by atoms with Crippen molar-refractivity contribution < 1.29 is 9.90 Å². The van der Waals surface area contributed by atoms with Crippen LogP contribution in [0.5, 0.6) is 0 Å². The average molecular weight is 316 g/mol. The number of benzene rings is 1. The summed E-state index contributed by atoms with van der Waals surface area (Å²) < 4.78 is 0. The van der Waals surface area contributed by atoms with Crippen LogP contribution in [0, 0.1) is 0 Å². The fourth-order valence-corrected chi connectivity index (χ4v) is 3.93. The third-order valence-corrected chi connectivity index (χ3v) is 5.37. The van der Waals surface area contributed by atoms with E-state index in [0.717, 1.165) is 51.4 Å². The minimum Gasteiger partial charge on any atom is -0.393 e. The number of carbonyl (C=O) groups excluding carboxylic acids is 1. The molecular formula is C19H28N2O2. The number of hydrogen-bond donors (Lipinski definition) is 3. The first-order chi connectivity index (χ1) is 11.2. The Kier molecular flexibility index (Phi) is 5.55. The van der Waals surface area contributed by atoms with E-state index in [4.69, 9.17) is 0 Å². The van der Waals surface area contributed by atoms with Gasteiger partial charge in [0.05, 0.1) is 6.10 Å². The zero-order valence-electron chi connectivity index (χ0n) is 13.7. The summed E-state index contributed by atoms with van der Waals surface area (Å²) in [5.74, 6) is 0.636. The number of amides is 2. The lowest BCUT2D eigenvalue weighted by Gasteiger charge is -2.31. The first kappa shape index (κ1) is 16.3. The molecule has 2 aliphatic rings. The normalized spacial score (nSPS) is 31.3. The predicted octanol–water partition coefficient (Wildman–Crippen LogP) is 3.32. The molecule has 2 fully saturated rings. The fraction of sp³-hybridized carbons (Fsp3) is 0.632. The van der Waals surface area contributed by atoms with E-state index in [1.54, 1.807) is 0 Å². The van der Waals surface area contributed by atoms with E-state index in [9.17, 15) is 9.90 Å². The van der Waals surface area contributed by atoms with Gasteiger partial charge in [0.25, 0.3) is 0 Å².